The number of amides is 1. The molecule has 0 radical (unpaired) electrons. The molecule has 136 valence electrons. The molecule has 0 saturated heterocycles. The van der Waals surface area contributed by atoms with Gasteiger partial charge in [-0.15, -0.1) is 0 Å². The van der Waals surface area contributed by atoms with E-state index >= 15 is 0 Å². The van der Waals surface area contributed by atoms with Crippen molar-refractivity contribution in [1.82, 2.24) is 4.57 Å². The van der Waals surface area contributed by atoms with E-state index in [1.807, 2.05) is 43.3 Å². The van der Waals surface area contributed by atoms with Crippen LogP contribution >= 0.6 is 0 Å². The summed E-state index contributed by atoms with van der Waals surface area (Å²) < 4.78 is 7.74. The molecule has 2 aromatic carbocycles. The zero-order chi connectivity index (χ0) is 18.5. The van der Waals surface area contributed by atoms with Crippen LogP contribution in [-0.4, -0.2) is 17.1 Å². The van der Waals surface area contributed by atoms with Gasteiger partial charge in [-0.05, 0) is 56.2 Å². The van der Waals surface area contributed by atoms with E-state index < -0.39 is 0 Å². The van der Waals surface area contributed by atoms with Crippen molar-refractivity contribution in [2.45, 2.75) is 40.2 Å². The number of carbonyl (C=O) groups is 1. The summed E-state index contributed by atoms with van der Waals surface area (Å²) in [5.74, 6) is 0.746. The highest BCUT2D eigenvalue weighted by Crippen LogP contribution is 2.26. The van der Waals surface area contributed by atoms with Gasteiger partial charge in [0, 0.05) is 23.1 Å². The Balaban J connectivity index is 1.80. The molecule has 0 aliphatic carbocycles. The standard InChI is InChI=1S/C22H26N2O2/c1-4-6-15-26-18-13-11-17(12-14-18)23-22(25)21-16(3)19-9-7-8-10-20(19)24(21)5-2/h7-14H,4-6,15H2,1-3H3,(H,23,25). The number of aromatic nitrogens is 1. The molecule has 1 heterocycles. The summed E-state index contributed by atoms with van der Waals surface area (Å²) in [6, 6.07) is 15.7. The normalized spacial score (nSPS) is 10.9. The number of benzene rings is 2. The number of nitrogens with one attached hydrogen (secondary N) is 1. The molecule has 1 aromatic heterocycles. The van der Waals surface area contributed by atoms with Crippen molar-refractivity contribution in [3.63, 3.8) is 0 Å². The van der Waals surface area contributed by atoms with E-state index in [4.69, 9.17) is 4.74 Å². The lowest BCUT2D eigenvalue weighted by Gasteiger charge is -2.11. The summed E-state index contributed by atoms with van der Waals surface area (Å²) >= 11 is 0. The summed E-state index contributed by atoms with van der Waals surface area (Å²) in [7, 11) is 0. The molecule has 0 atom stereocenters. The van der Waals surface area contributed by atoms with E-state index in [1.54, 1.807) is 0 Å². The van der Waals surface area contributed by atoms with Gasteiger partial charge in [0.1, 0.15) is 11.4 Å². The maximum Gasteiger partial charge on any atom is 0.272 e. The Bertz CT molecular complexity index is 894. The minimum absolute atomic E-state index is 0.0831. The van der Waals surface area contributed by atoms with Crippen molar-refractivity contribution in [2.24, 2.45) is 0 Å². The smallest absolute Gasteiger partial charge is 0.272 e. The monoisotopic (exact) mass is 350 g/mol. The third-order valence-electron chi connectivity index (χ3n) is 4.63. The molecule has 26 heavy (non-hydrogen) atoms. The van der Waals surface area contributed by atoms with Gasteiger partial charge in [0.05, 0.1) is 6.61 Å². The van der Waals surface area contributed by atoms with Crippen molar-refractivity contribution < 1.29 is 9.53 Å². The van der Waals surface area contributed by atoms with Gasteiger partial charge in [-0.25, -0.2) is 0 Å². The second-order valence-corrected chi connectivity index (χ2v) is 6.42. The van der Waals surface area contributed by atoms with E-state index in [-0.39, 0.29) is 5.91 Å². The Hall–Kier alpha value is -2.75. The SMILES string of the molecule is CCCCOc1ccc(NC(=O)c2c(C)c3ccccc3n2CC)cc1. The van der Waals surface area contributed by atoms with Crippen LogP contribution in [0, 0.1) is 6.92 Å². The largest absolute Gasteiger partial charge is 0.494 e. The molecule has 0 saturated carbocycles. The van der Waals surface area contributed by atoms with E-state index in [1.165, 1.54) is 0 Å². The highest BCUT2D eigenvalue weighted by atomic mass is 16.5. The number of fused-ring (bicyclic) bond motifs is 1. The van der Waals surface area contributed by atoms with Crippen molar-refractivity contribution in [3.8, 4) is 5.75 Å². The number of nitrogens with zero attached hydrogens (tertiary/aromatic N) is 1. The first-order chi connectivity index (χ1) is 12.7. The fourth-order valence-corrected chi connectivity index (χ4v) is 3.26. The maximum absolute atomic E-state index is 12.9. The molecule has 0 unspecified atom stereocenters. The fraction of sp³-hybridized carbons (Fsp3) is 0.318. The Kier molecular flexibility index (Phi) is 5.61. The van der Waals surface area contributed by atoms with Crippen molar-refractivity contribution in [3.05, 3.63) is 59.8 Å². The van der Waals surface area contributed by atoms with Gasteiger partial charge >= 0.3 is 0 Å². The summed E-state index contributed by atoms with van der Waals surface area (Å²) in [4.78, 5) is 12.9. The summed E-state index contributed by atoms with van der Waals surface area (Å²) in [5.41, 5.74) is 3.60. The van der Waals surface area contributed by atoms with Crippen LogP contribution in [-0.2, 0) is 6.54 Å². The molecule has 0 aliphatic heterocycles. The lowest BCUT2D eigenvalue weighted by molar-refractivity contribution is 0.101. The van der Waals surface area contributed by atoms with Gasteiger partial charge in [0.15, 0.2) is 0 Å². The lowest BCUT2D eigenvalue weighted by Crippen LogP contribution is -2.17. The molecular weight excluding hydrogens is 324 g/mol. The molecule has 1 amide bonds. The van der Waals surface area contributed by atoms with Crippen LogP contribution in [0.4, 0.5) is 5.69 Å². The first kappa shape index (κ1) is 18.1. The average Bonchev–Trinajstić information content (AvgIpc) is 2.95. The number of unbranched alkanes of at least 4 members (excludes halogenated alkanes) is 1. The summed E-state index contributed by atoms with van der Waals surface area (Å²) in [6.45, 7) is 7.68. The molecule has 0 spiro atoms. The lowest BCUT2D eigenvalue weighted by atomic mass is 10.1. The van der Waals surface area contributed by atoms with Gasteiger partial charge in [-0.1, -0.05) is 31.5 Å². The van der Waals surface area contributed by atoms with Crippen LogP contribution in [0.5, 0.6) is 5.75 Å². The van der Waals surface area contributed by atoms with Crippen LogP contribution in [0.2, 0.25) is 0 Å². The Labute approximate surface area is 154 Å². The number of rotatable bonds is 7. The summed E-state index contributed by atoms with van der Waals surface area (Å²) in [6.07, 6.45) is 2.15. The molecule has 0 fully saturated rings. The van der Waals surface area contributed by atoms with E-state index in [0.29, 0.717) is 0 Å². The molecule has 3 rings (SSSR count). The van der Waals surface area contributed by atoms with E-state index in [0.717, 1.165) is 59.6 Å². The van der Waals surface area contributed by atoms with Crippen LogP contribution in [0.15, 0.2) is 48.5 Å². The van der Waals surface area contributed by atoms with Gasteiger partial charge in [0.25, 0.3) is 5.91 Å². The van der Waals surface area contributed by atoms with Crippen molar-refractivity contribution >= 4 is 22.5 Å². The number of hydrogen-bond acceptors (Lipinski definition) is 2. The molecule has 1 N–H and O–H groups in total. The topological polar surface area (TPSA) is 43.3 Å². The zero-order valence-corrected chi connectivity index (χ0v) is 15.7. The second-order valence-electron chi connectivity index (χ2n) is 6.42. The first-order valence-corrected chi connectivity index (χ1v) is 9.27. The molecule has 0 bridgehead atoms. The molecular formula is C22H26N2O2. The summed E-state index contributed by atoms with van der Waals surface area (Å²) in [5, 5.41) is 4.14. The third-order valence-corrected chi connectivity index (χ3v) is 4.63. The minimum Gasteiger partial charge on any atom is -0.494 e. The predicted octanol–water partition coefficient (Wildman–Crippen LogP) is 5.40. The number of hydrogen-bond donors (Lipinski definition) is 1. The molecule has 4 heteroatoms. The van der Waals surface area contributed by atoms with Crippen LogP contribution in [0.3, 0.4) is 0 Å². The van der Waals surface area contributed by atoms with Gasteiger partial charge in [-0.2, -0.15) is 0 Å². The zero-order valence-electron chi connectivity index (χ0n) is 15.7. The number of para-hydroxylation sites is 1. The van der Waals surface area contributed by atoms with Crippen LogP contribution < -0.4 is 10.1 Å². The quantitative estimate of drug-likeness (QED) is 0.580. The number of anilines is 1. The number of ether oxygens (including phenoxy) is 1. The number of carbonyl (C=O) groups excluding carboxylic acids is 1. The van der Waals surface area contributed by atoms with E-state index in [9.17, 15) is 4.79 Å². The van der Waals surface area contributed by atoms with E-state index in [2.05, 4.69) is 35.9 Å². The maximum atomic E-state index is 12.9. The van der Waals surface area contributed by atoms with Gasteiger partial charge < -0.3 is 14.6 Å². The molecule has 3 aromatic rings. The Morgan fingerprint density at radius 1 is 1.08 bits per heavy atom. The highest BCUT2D eigenvalue weighted by molar-refractivity contribution is 6.08. The predicted molar refractivity (Wildman–Crippen MR) is 107 cm³/mol. The van der Waals surface area contributed by atoms with Crippen LogP contribution in [0.25, 0.3) is 10.9 Å². The first-order valence-electron chi connectivity index (χ1n) is 9.27. The highest BCUT2D eigenvalue weighted by Gasteiger charge is 2.19. The molecule has 4 nitrogen and oxygen atoms in total. The van der Waals surface area contributed by atoms with Crippen molar-refractivity contribution in [1.29, 1.82) is 0 Å². The van der Waals surface area contributed by atoms with Crippen molar-refractivity contribution in [2.75, 3.05) is 11.9 Å². The molecule has 0 aliphatic rings. The van der Waals surface area contributed by atoms with Gasteiger partial charge in [-0.3, -0.25) is 4.79 Å². The Morgan fingerprint density at radius 2 is 1.81 bits per heavy atom. The van der Waals surface area contributed by atoms with Gasteiger partial charge in [0.2, 0.25) is 0 Å². The Morgan fingerprint density at radius 3 is 2.50 bits per heavy atom. The average molecular weight is 350 g/mol. The minimum atomic E-state index is -0.0831. The number of aryl methyl sites for hydroxylation is 2. The third kappa shape index (κ3) is 3.59. The van der Waals surface area contributed by atoms with Crippen LogP contribution in [0.1, 0.15) is 42.7 Å². The fourth-order valence-electron chi connectivity index (χ4n) is 3.26. The second kappa shape index (κ2) is 8.09.